The number of rotatable bonds is 6. The van der Waals surface area contributed by atoms with Crippen LogP contribution in [-0.2, 0) is 14.8 Å². The molecule has 1 atom stereocenters. The Bertz CT molecular complexity index is 893. The van der Waals surface area contributed by atoms with Crippen molar-refractivity contribution in [2.24, 2.45) is 5.92 Å². The highest BCUT2D eigenvalue weighted by atomic mass is 32.2. The van der Waals surface area contributed by atoms with Crippen molar-refractivity contribution in [1.82, 2.24) is 9.62 Å². The Morgan fingerprint density at radius 3 is 2.32 bits per heavy atom. The molecule has 1 fully saturated rings. The van der Waals surface area contributed by atoms with Crippen LogP contribution in [0.25, 0.3) is 0 Å². The Labute approximate surface area is 165 Å². The van der Waals surface area contributed by atoms with Crippen LogP contribution in [0, 0.1) is 11.7 Å². The summed E-state index contributed by atoms with van der Waals surface area (Å²) in [6.07, 6.45) is 0.956. The van der Waals surface area contributed by atoms with Crippen LogP contribution in [0.5, 0.6) is 0 Å². The topological polar surface area (TPSA) is 66.5 Å². The molecule has 2 aromatic carbocycles. The molecule has 0 spiro atoms. The third-order valence-corrected chi connectivity index (χ3v) is 7.14. The number of benzene rings is 2. The van der Waals surface area contributed by atoms with Gasteiger partial charge in [0, 0.05) is 25.6 Å². The number of hydrogen-bond donors (Lipinski definition) is 1. The molecule has 0 radical (unpaired) electrons. The van der Waals surface area contributed by atoms with Gasteiger partial charge in [0.05, 0.1) is 4.90 Å². The van der Waals surface area contributed by atoms with E-state index in [1.807, 2.05) is 30.3 Å². The molecular weight excluding hydrogens is 379 g/mol. The van der Waals surface area contributed by atoms with Crippen molar-refractivity contribution in [1.29, 1.82) is 0 Å². The number of hydrogen-bond acceptors (Lipinski definition) is 3. The lowest BCUT2D eigenvalue weighted by molar-refractivity contribution is -0.126. The summed E-state index contributed by atoms with van der Waals surface area (Å²) in [6, 6.07) is 14.8. The smallest absolute Gasteiger partial charge is 0.243 e. The van der Waals surface area contributed by atoms with Crippen molar-refractivity contribution < 1.29 is 17.6 Å². The number of carbonyl (C=O) groups is 1. The number of halogens is 1. The van der Waals surface area contributed by atoms with Crippen LogP contribution < -0.4 is 5.32 Å². The Balaban J connectivity index is 1.52. The molecule has 0 aliphatic carbocycles. The van der Waals surface area contributed by atoms with Crippen molar-refractivity contribution in [3.8, 4) is 0 Å². The number of carbonyl (C=O) groups excluding carboxylic acids is 1. The number of piperidine rings is 1. The SMILES string of the molecule is CC(CNC(=O)C1CCN(S(=O)(=O)c2ccc(F)cc2)CC1)c1ccccc1. The molecule has 7 heteroatoms. The quantitative estimate of drug-likeness (QED) is 0.804. The molecule has 150 valence electrons. The van der Waals surface area contributed by atoms with Crippen LogP contribution >= 0.6 is 0 Å². The van der Waals surface area contributed by atoms with Gasteiger partial charge in [-0.3, -0.25) is 4.79 Å². The van der Waals surface area contributed by atoms with E-state index >= 15 is 0 Å². The molecule has 5 nitrogen and oxygen atoms in total. The molecule has 0 saturated carbocycles. The molecule has 0 aromatic heterocycles. The second-order valence-corrected chi connectivity index (χ2v) is 9.13. The average molecular weight is 405 g/mol. The van der Waals surface area contributed by atoms with Gasteiger partial charge in [-0.15, -0.1) is 0 Å². The lowest BCUT2D eigenvalue weighted by Crippen LogP contribution is -2.43. The summed E-state index contributed by atoms with van der Waals surface area (Å²) in [5.41, 5.74) is 1.17. The highest BCUT2D eigenvalue weighted by Gasteiger charge is 2.32. The van der Waals surface area contributed by atoms with Gasteiger partial charge in [0.2, 0.25) is 15.9 Å². The number of sulfonamides is 1. The van der Waals surface area contributed by atoms with E-state index in [2.05, 4.69) is 12.2 Å². The molecule has 3 rings (SSSR count). The van der Waals surface area contributed by atoms with E-state index < -0.39 is 15.8 Å². The predicted octanol–water partition coefficient (Wildman–Crippen LogP) is 3.15. The summed E-state index contributed by atoms with van der Waals surface area (Å²) < 4.78 is 39.7. The van der Waals surface area contributed by atoms with Gasteiger partial charge in [0.15, 0.2) is 0 Å². The summed E-state index contributed by atoms with van der Waals surface area (Å²) in [5, 5.41) is 2.99. The van der Waals surface area contributed by atoms with Crippen molar-refractivity contribution in [3.63, 3.8) is 0 Å². The molecule has 1 unspecified atom stereocenters. The highest BCUT2D eigenvalue weighted by Crippen LogP contribution is 2.24. The van der Waals surface area contributed by atoms with E-state index in [1.165, 1.54) is 22.0 Å². The summed E-state index contributed by atoms with van der Waals surface area (Å²) in [4.78, 5) is 12.6. The van der Waals surface area contributed by atoms with Crippen molar-refractivity contribution in [2.75, 3.05) is 19.6 Å². The first kappa shape index (κ1) is 20.5. The van der Waals surface area contributed by atoms with Crippen molar-refractivity contribution in [3.05, 3.63) is 66.0 Å². The summed E-state index contributed by atoms with van der Waals surface area (Å²) in [5.74, 6) is -0.479. The number of nitrogens with one attached hydrogen (secondary N) is 1. The maximum atomic E-state index is 13.0. The molecular formula is C21H25FN2O3S. The summed E-state index contributed by atoms with van der Waals surface area (Å²) in [7, 11) is -3.65. The van der Waals surface area contributed by atoms with Gasteiger partial charge in [-0.05, 0) is 48.6 Å². The standard InChI is InChI=1S/C21H25FN2O3S/c1-16(17-5-3-2-4-6-17)15-23-21(25)18-11-13-24(14-12-18)28(26,27)20-9-7-19(22)8-10-20/h2-10,16,18H,11-15H2,1H3,(H,23,25). The normalized spacial score (nSPS) is 17.2. The van der Waals surface area contributed by atoms with Gasteiger partial charge < -0.3 is 5.32 Å². The zero-order valence-corrected chi connectivity index (χ0v) is 16.7. The molecule has 1 aliphatic heterocycles. The van der Waals surface area contributed by atoms with Gasteiger partial charge in [-0.1, -0.05) is 37.3 Å². The van der Waals surface area contributed by atoms with Gasteiger partial charge in [0.1, 0.15) is 5.82 Å². The third kappa shape index (κ3) is 4.77. The fourth-order valence-electron chi connectivity index (χ4n) is 3.41. The molecule has 0 bridgehead atoms. The third-order valence-electron chi connectivity index (χ3n) is 5.23. The van der Waals surface area contributed by atoms with E-state index in [-0.39, 0.29) is 35.7 Å². The van der Waals surface area contributed by atoms with Crippen LogP contribution in [0.4, 0.5) is 4.39 Å². The molecule has 28 heavy (non-hydrogen) atoms. The maximum absolute atomic E-state index is 13.0. The second kappa shape index (κ2) is 8.84. The zero-order valence-electron chi connectivity index (χ0n) is 15.8. The van der Waals surface area contributed by atoms with E-state index in [0.717, 1.165) is 12.1 Å². The van der Waals surface area contributed by atoms with Crippen LogP contribution in [0.1, 0.15) is 31.2 Å². The van der Waals surface area contributed by atoms with E-state index in [0.29, 0.717) is 19.4 Å². The van der Waals surface area contributed by atoms with Crippen molar-refractivity contribution >= 4 is 15.9 Å². The Morgan fingerprint density at radius 1 is 1.11 bits per heavy atom. The van der Waals surface area contributed by atoms with Crippen LogP contribution in [0.15, 0.2) is 59.5 Å². The fraction of sp³-hybridized carbons (Fsp3) is 0.381. The lowest BCUT2D eigenvalue weighted by Gasteiger charge is -2.30. The minimum Gasteiger partial charge on any atom is -0.355 e. The van der Waals surface area contributed by atoms with Gasteiger partial charge in [0.25, 0.3) is 0 Å². The summed E-state index contributed by atoms with van der Waals surface area (Å²) >= 11 is 0. The number of nitrogens with zero attached hydrogens (tertiary/aromatic N) is 1. The Morgan fingerprint density at radius 2 is 1.71 bits per heavy atom. The fourth-order valence-corrected chi connectivity index (χ4v) is 4.88. The molecule has 2 aromatic rings. The van der Waals surface area contributed by atoms with Crippen LogP contribution in [0.2, 0.25) is 0 Å². The Kier molecular flexibility index (Phi) is 6.46. The first-order chi connectivity index (χ1) is 13.4. The largest absolute Gasteiger partial charge is 0.355 e. The molecule has 1 amide bonds. The molecule has 1 heterocycles. The van der Waals surface area contributed by atoms with Crippen LogP contribution in [0.3, 0.4) is 0 Å². The maximum Gasteiger partial charge on any atom is 0.243 e. The van der Waals surface area contributed by atoms with Crippen molar-refractivity contribution in [2.45, 2.75) is 30.6 Å². The molecule has 1 aliphatic rings. The van der Waals surface area contributed by atoms with Crippen LogP contribution in [-0.4, -0.2) is 38.3 Å². The van der Waals surface area contributed by atoms with Gasteiger partial charge >= 0.3 is 0 Å². The first-order valence-corrected chi connectivity index (χ1v) is 10.9. The number of amides is 1. The molecule has 1 saturated heterocycles. The predicted molar refractivity (Wildman–Crippen MR) is 106 cm³/mol. The zero-order chi connectivity index (χ0) is 20.1. The first-order valence-electron chi connectivity index (χ1n) is 9.46. The average Bonchev–Trinajstić information content (AvgIpc) is 2.73. The molecule has 1 N–H and O–H groups in total. The van der Waals surface area contributed by atoms with E-state index in [9.17, 15) is 17.6 Å². The monoisotopic (exact) mass is 404 g/mol. The highest BCUT2D eigenvalue weighted by molar-refractivity contribution is 7.89. The minimum atomic E-state index is -3.65. The van der Waals surface area contributed by atoms with E-state index in [1.54, 1.807) is 0 Å². The summed E-state index contributed by atoms with van der Waals surface area (Å²) in [6.45, 7) is 3.18. The minimum absolute atomic E-state index is 0.0263. The van der Waals surface area contributed by atoms with E-state index in [4.69, 9.17) is 0 Å². The van der Waals surface area contributed by atoms with Gasteiger partial charge in [-0.2, -0.15) is 4.31 Å². The lowest BCUT2D eigenvalue weighted by atomic mass is 9.96. The Hall–Kier alpha value is -2.25. The second-order valence-electron chi connectivity index (χ2n) is 7.19. The van der Waals surface area contributed by atoms with Gasteiger partial charge in [-0.25, -0.2) is 12.8 Å².